The van der Waals surface area contributed by atoms with Crippen molar-refractivity contribution in [3.8, 4) is 0 Å². The molecule has 0 aliphatic carbocycles. The summed E-state index contributed by atoms with van der Waals surface area (Å²) in [7, 11) is 4.25. The standard InChI is InChI=1S/C12H22N6/c1-4-9-7-11(16-13)15-12(14-9)10-8-17(2)5-6-18(10)3/h7,10H,4-6,8,13H2,1-3H3,(H,14,15,16). The van der Waals surface area contributed by atoms with Gasteiger partial charge in [0.15, 0.2) is 0 Å². The van der Waals surface area contributed by atoms with Crippen molar-refractivity contribution in [1.82, 2.24) is 19.8 Å². The number of hydrogen-bond acceptors (Lipinski definition) is 6. The minimum absolute atomic E-state index is 0.238. The number of anilines is 1. The summed E-state index contributed by atoms with van der Waals surface area (Å²) in [5.74, 6) is 7.02. The predicted molar refractivity (Wildman–Crippen MR) is 72.1 cm³/mol. The third-order valence-electron chi connectivity index (χ3n) is 3.46. The highest BCUT2D eigenvalue weighted by Crippen LogP contribution is 2.22. The van der Waals surface area contributed by atoms with Gasteiger partial charge in [0.2, 0.25) is 0 Å². The molecule has 1 aromatic rings. The Bertz CT molecular complexity index is 385. The summed E-state index contributed by atoms with van der Waals surface area (Å²) in [5.41, 5.74) is 3.65. The minimum Gasteiger partial charge on any atom is -0.308 e. The fraction of sp³-hybridized carbons (Fsp3) is 0.667. The van der Waals surface area contributed by atoms with E-state index in [1.54, 1.807) is 0 Å². The number of likely N-dealkylation sites (N-methyl/N-ethyl adjacent to an activating group) is 2. The summed E-state index contributed by atoms with van der Waals surface area (Å²) in [4.78, 5) is 13.7. The van der Waals surface area contributed by atoms with Crippen LogP contribution in [-0.2, 0) is 6.42 Å². The second-order valence-electron chi connectivity index (χ2n) is 4.86. The fourth-order valence-corrected chi connectivity index (χ4v) is 2.21. The molecule has 1 aliphatic heterocycles. The van der Waals surface area contributed by atoms with Gasteiger partial charge in [0.25, 0.3) is 0 Å². The first-order valence-corrected chi connectivity index (χ1v) is 6.37. The number of nitrogen functional groups attached to an aromatic ring is 1. The summed E-state index contributed by atoms with van der Waals surface area (Å²) >= 11 is 0. The van der Waals surface area contributed by atoms with E-state index in [2.05, 4.69) is 46.2 Å². The quantitative estimate of drug-likeness (QED) is 0.592. The Kier molecular flexibility index (Phi) is 4.11. The normalized spacial score (nSPS) is 22.1. The van der Waals surface area contributed by atoms with Gasteiger partial charge in [0, 0.05) is 31.4 Å². The van der Waals surface area contributed by atoms with Crippen LogP contribution in [0.3, 0.4) is 0 Å². The number of nitrogens with zero attached hydrogens (tertiary/aromatic N) is 4. The Morgan fingerprint density at radius 3 is 2.83 bits per heavy atom. The molecule has 6 nitrogen and oxygen atoms in total. The van der Waals surface area contributed by atoms with Gasteiger partial charge in [-0.25, -0.2) is 15.8 Å². The third kappa shape index (κ3) is 2.77. The fourth-order valence-electron chi connectivity index (χ4n) is 2.21. The SMILES string of the molecule is CCc1cc(NN)nc(C2CN(C)CCN2C)n1. The molecule has 1 unspecified atom stereocenters. The van der Waals surface area contributed by atoms with Crippen molar-refractivity contribution in [2.75, 3.05) is 39.2 Å². The topological polar surface area (TPSA) is 70.3 Å². The van der Waals surface area contributed by atoms with E-state index in [4.69, 9.17) is 5.84 Å². The highest BCUT2D eigenvalue weighted by molar-refractivity contribution is 5.35. The van der Waals surface area contributed by atoms with Gasteiger partial charge >= 0.3 is 0 Å². The number of piperazine rings is 1. The van der Waals surface area contributed by atoms with Gasteiger partial charge in [-0.2, -0.15) is 0 Å². The summed E-state index contributed by atoms with van der Waals surface area (Å²) < 4.78 is 0. The number of rotatable bonds is 3. The smallest absolute Gasteiger partial charge is 0.149 e. The summed E-state index contributed by atoms with van der Waals surface area (Å²) in [6.45, 7) is 5.16. The van der Waals surface area contributed by atoms with Crippen LogP contribution in [0.15, 0.2) is 6.07 Å². The zero-order valence-corrected chi connectivity index (χ0v) is 11.3. The van der Waals surface area contributed by atoms with Crippen molar-refractivity contribution in [1.29, 1.82) is 0 Å². The molecule has 3 N–H and O–H groups in total. The molecular weight excluding hydrogens is 228 g/mol. The number of nitrogens with two attached hydrogens (primary N) is 1. The van der Waals surface area contributed by atoms with E-state index in [-0.39, 0.29) is 6.04 Å². The largest absolute Gasteiger partial charge is 0.308 e. The Hall–Kier alpha value is -1.24. The molecule has 0 spiro atoms. The van der Waals surface area contributed by atoms with E-state index in [0.29, 0.717) is 5.82 Å². The third-order valence-corrected chi connectivity index (χ3v) is 3.46. The van der Waals surface area contributed by atoms with Crippen LogP contribution < -0.4 is 11.3 Å². The van der Waals surface area contributed by atoms with Gasteiger partial charge in [-0.3, -0.25) is 4.90 Å². The molecule has 100 valence electrons. The molecule has 6 heteroatoms. The summed E-state index contributed by atoms with van der Waals surface area (Å²) in [6, 6.07) is 2.14. The van der Waals surface area contributed by atoms with E-state index in [0.717, 1.165) is 37.6 Å². The Morgan fingerprint density at radius 1 is 1.39 bits per heavy atom. The number of aromatic nitrogens is 2. The minimum atomic E-state index is 0.238. The molecule has 0 bridgehead atoms. The first-order chi connectivity index (χ1) is 8.63. The van der Waals surface area contributed by atoms with E-state index in [1.165, 1.54) is 0 Å². The predicted octanol–water partition coefficient (Wildman–Crippen LogP) is 0.243. The van der Waals surface area contributed by atoms with Crippen LogP contribution in [0, 0.1) is 0 Å². The van der Waals surface area contributed by atoms with Crippen LogP contribution in [-0.4, -0.2) is 53.5 Å². The van der Waals surface area contributed by atoms with Crippen molar-refractivity contribution in [2.45, 2.75) is 19.4 Å². The second-order valence-corrected chi connectivity index (χ2v) is 4.86. The van der Waals surface area contributed by atoms with Crippen molar-refractivity contribution >= 4 is 5.82 Å². The molecule has 2 heterocycles. The van der Waals surface area contributed by atoms with Crippen LogP contribution in [0.5, 0.6) is 0 Å². The Balaban J connectivity index is 2.30. The lowest BCUT2D eigenvalue weighted by atomic mass is 10.1. The Morgan fingerprint density at radius 2 is 2.17 bits per heavy atom. The summed E-state index contributed by atoms with van der Waals surface area (Å²) in [6.07, 6.45) is 0.885. The lowest BCUT2D eigenvalue weighted by Gasteiger charge is -2.36. The van der Waals surface area contributed by atoms with Gasteiger partial charge in [-0.1, -0.05) is 6.92 Å². The molecular formula is C12H22N6. The van der Waals surface area contributed by atoms with E-state index in [1.807, 2.05) is 6.07 Å². The molecule has 0 saturated carbocycles. The average Bonchev–Trinajstić information content (AvgIpc) is 2.40. The molecule has 2 rings (SSSR count). The van der Waals surface area contributed by atoms with Gasteiger partial charge < -0.3 is 10.3 Å². The average molecular weight is 250 g/mol. The maximum absolute atomic E-state index is 5.47. The van der Waals surface area contributed by atoms with Gasteiger partial charge in [-0.15, -0.1) is 0 Å². The molecule has 1 saturated heterocycles. The number of hydrogen-bond donors (Lipinski definition) is 2. The first kappa shape index (κ1) is 13.2. The van der Waals surface area contributed by atoms with E-state index < -0.39 is 0 Å². The van der Waals surface area contributed by atoms with Gasteiger partial charge in [0.1, 0.15) is 11.6 Å². The highest BCUT2D eigenvalue weighted by atomic mass is 15.3. The molecule has 1 atom stereocenters. The number of hydrazine groups is 1. The maximum atomic E-state index is 5.47. The van der Waals surface area contributed by atoms with Crippen LogP contribution in [0.1, 0.15) is 24.5 Å². The van der Waals surface area contributed by atoms with Crippen molar-refractivity contribution in [3.63, 3.8) is 0 Å². The van der Waals surface area contributed by atoms with Gasteiger partial charge in [-0.05, 0) is 20.5 Å². The van der Waals surface area contributed by atoms with E-state index in [9.17, 15) is 0 Å². The molecule has 1 aliphatic rings. The number of aryl methyl sites for hydroxylation is 1. The number of nitrogens with one attached hydrogen (secondary N) is 1. The monoisotopic (exact) mass is 250 g/mol. The molecule has 18 heavy (non-hydrogen) atoms. The van der Waals surface area contributed by atoms with E-state index >= 15 is 0 Å². The van der Waals surface area contributed by atoms with Crippen LogP contribution in [0.25, 0.3) is 0 Å². The maximum Gasteiger partial charge on any atom is 0.149 e. The lowest BCUT2D eigenvalue weighted by Crippen LogP contribution is -2.45. The molecule has 0 amide bonds. The first-order valence-electron chi connectivity index (χ1n) is 6.37. The van der Waals surface area contributed by atoms with Crippen LogP contribution in [0.4, 0.5) is 5.82 Å². The zero-order valence-electron chi connectivity index (χ0n) is 11.3. The van der Waals surface area contributed by atoms with Gasteiger partial charge in [0.05, 0.1) is 6.04 Å². The van der Waals surface area contributed by atoms with Crippen molar-refractivity contribution in [2.24, 2.45) is 5.84 Å². The Labute approximate surface area is 108 Å². The molecule has 0 aromatic carbocycles. The summed E-state index contributed by atoms with van der Waals surface area (Å²) in [5, 5.41) is 0. The zero-order chi connectivity index (χ0) is 13.1. The molecule has 1 fully saturated rings. The van der Waals surface area contributed by atoms with Crippen LogP contribution >= 0.6 is 0 Å². The lowest BCUT2D eigenvalue weighted by molar-refractivity contribution is 0.109. The highest BCUT2D eigenvalue weighted by Gasteiger charge is 2.26. The van der Waals surface area contributed by atoms with Crippen LogP contribution in [0.2, 0.25) is 0 Å². The molecule has 0 radical (unpaired) electrons. The molecule has 1 aromatic heterocycles. The van der Waals surface area contributed by atoms with Crippen molar-refractivity contribution < 1.29 is 0 Å². The second kappa shape index (κ2) is 5.60. The van der Waals surface area contributed by atoms with Crippen molar-refractivity contribution in [3.05, 3.63) is 17.6 Å².